The molecule has 0 unspecified atom stereocenters. The smallest absolute Gasteiger partial charge is 0.335 e. The first-order valence-electron chi connectivity index (χ1n) is 4.70. The molecule has 0 fully saturated rings. The van der Waals surface area contributed by atoms with E-state index >= 15 is 0 Å². The van der Waals surface area contributed by atoms with Gasteiger partial charge in [-0.3, -0.25) is 9.20 Å². The van der Waals surface area contributed by atoms with Crippen LogP contribution in [0.3, 0.4) is 0 Å². The average molecular weight is 218 g/mol. The molecule has 5 heteroatoms. The number of fused-ring (bicyclic) bond motifs is 1. The topological polar surface area (TPSA) is 84.8 Å². The van der Waals surface area contributed by atoms with Gasteiger partial charge >= 0.3 is 5.97 Å². The van der Waals surface area contributed by atoms with Crippen LogP contribution in [0.5, 0.6) is 0 Å². The summed E-state index contributed by atoms with van der Waals surface area (Å²) >= 11 is 0. The molecule has 3 N–H and O–H groups in total. The highest BCUT2D eigenvalue weighted by Gasteiger charge is 2.06. The number of carboxylic acid groups (broad SMARTS) is 1. The summed E-state index contributed by atoms with van der Waals surface area (Å²) in [5.41, 5.74) is 6.44. The number of aromatic nitrogens is 1. The van der Waals surface area contributed by atoms with Crippen LogP contribution in [-0.4, -0.2) is 15.5 Å². The van der Waals surface area contributed by atoms with Crippen LogP contribution in [0.25, 0.3) is 5.52 Å². The molecule has 2 heterocycles. The van der Waals surface area contributed by atoms with Gasteiger partial charge in [0.05, 0.1) is 5.56 Å². The predicted octanol–water partition coefficient (Wildman–Crippen LogP) is 0.456. The van der Waals surface area contributed by atoms with Gasteiger partial charge in [0.25, 0.3) is 5.56 Å². The summed E-state index contributed by atoms with van der Waals surface area (Å²) in [7, 11) is 0. The largest absolute Gasteiger partial charge is 0.478 e. The molecule has 2 rings (SSSR count). The van der Waals surface area contributed by atoms with E-state index in [0.29, 0.717) is 12.1 Å². The van der Waals surface area contributed by atoms with E-state index in [0.717, 1.165) is 11.6 Å². The van der Waals surface area contributed by atoms with Crippen LogP contribution < -0.4 is 11.3 Å². The van der Waals surface area contributed by atoms with Gasteiger partial charge in [0.15, 0.2) is 0 Å². The molecule has 0 aliphatic rings. The zero-order chi connectivity index (χ0) is 11.7. The van der Waals surface area contributed by atoms with Crippen LogP contribution in [0.1, 0.15) is 15.9 Å². The van der Waals surface area contributed by atoms with Crippen LogP contribution >= 0.6 is 0 Å². The maximum absolute atomic E-state index is 11.6. The van der Waals surface area contributed by atoms with E-state index < -0.39 is 5.97 Å². The van der Waals surface area contributed by atoms with Crippen molar-refractivity contribution in [1.82, 2.24) is 4.40 Å². The molecule has 2 aromatic heterocycles. The molecular formula is C11H10N2O3. The molecule has 82 valence electrons. The Morgan fingerprint density at radius 2 is 2.12 bits per heavy atom. The van der Waals surface area contributed by atoms with Crippen molar-refractivity contribution in [3.05, 3.63) is 51.9 Å². The van der Waals surface area contributed by atoms with E-state index in [1.165, 1.54) is 10.5 Å². The Bertz CT molecular complexity index is 616. The van der Waals surface area contributed by atoms with E-state index in [2.05, 4.69) is 0 Å². The second-order valence-corrected chi connectivity index (χ2v) is 3.42. The van der Waals surface area contributed by atoms with Gasteiger partial charge in [0.2, 0.25) is 0 Å². The van der Waals surface area contributed by atoms with Crippen molar-refractivity contribution in [1.29, 1.82) is 0 Å². The Morgan fingerprint density at radius 1 is 1.38 bits per heavy atom. The van der Waals surface area contributed by atoms with Crippen molar-refractivity contribution < 1.29 is 9.90 Å². The molecule has 0 spiro atoms. The second kappa shape index (κ2) is 3.79. The molecule has 0 radical (unpaired) electrons. The number of aromatic carboxylic acids is 1. The minimum Gasteiger partial charge on any atom is -0.478 e. The summed E-state index contributed by atoms with van der Waals surface area (Å²) in [5.74, 6) is -1.11. The SMILES string of the molecule is NCc1ccc2cc(C(=O)O)cc(=O)n2c1. The first-order chi connectivity index (χ1) is 7.61. The summed E-state index contributed by atoms with van der Waals surface area (Å²) in [4.78, 5) is 22.4. The Labute approximate surface area is 90.7 Å². The normalized spacial score (nSPS) is 10.6. The summed E-state index contributed by atoms with van der Waals surface area (Å²) in [6, 6.07) is 5.98. The lowest BCUT2D eigenvalue weighted by Crippen LogP contribution is -2.16. The number of carboxylic acids is 1. The summed E-state index contributed by atoms with van der Waals surface area (Å²) in [5, 5.41) is 8.80. The number of rotatable bonds is 2. The molecule has 0 aliphatic carbocycles. The number of pyridine rings is 2. The van der Waals surface area contributed by atoms with E-state index in [4.69, 9.17) is 10.8 Å². The van der Waals surface area contributed by atoms with E-state index in [9.17, 15) is 9.59 Å². The third-order valence-electron chi connectivity index (χ3n) is 2.34. The molecule has 0 saturated carbocycles. The van der Waals surface area contributed by atoms with Crippen LogP contribution in [0, 0.1) is 0 Å². The molecule has 0 bridgehead atoms. The zero-order valence-corrected chi connectivity index (χ0v) is 8.38. The standard InChI is InChI=1S/C11H10N2O3/c12-5-7-1-2-9-3-8(11(15)16)4-10(14)13(9)6-7/h1-4,6H,5,12H2,(H,15,16). The highest BCUT2D eigenvalue weighted by Crippen LogP contribution is 2.06. The lowest BCUT2D eigenvalue weighted by atomic mass is 10.2. The number of nitrogens with two attached hydrogens (primary N) is 1. The van der Waals surface area contributed by atoms with Crippen LogP contribution in [0.4, 0.5) is 0 Å². The molecule has 0 atom stereocenters. The van der Waals surface area contributed by atoms with Gasteiger partial charge in [-0.2, -0.15) is 0 Å². The lowest BCUT2D eigenvalue weighted by Gasteiger charge is -2.04. The maximum atomic E-state index is 11.6. The second-order valence-electron chi connectivity index (χ2n) is 3.42. The molecular weight excluding hydrogens is 208 g/mol. The van der Waals surface area contributed by atoms with Crippen molar-refractivity contribution in [3.63, 3.8) is 0 Å². The highest BCUT2D eigenvalue weighted by molar-refractivity contribution is 5.88. The Kier molecular flexibility index (Phi) is 2.46. The third-order valence-corrected chi connectivity index (χ3v) is 2.34. The van der Waals surface area contributed by atoms with Gasteiger partial charge in [-0.25, -0.2) is 4.79 Å². The van der Waals surface area contributed by atoms with Gasteiger partial charge in [0.1, 0.15) is 0 Å². The zero-order valence-electron chi connectivity index (χ0n) is 8.38. The average Bonchev–Trinajstić information content (AvgIpc) is 2.28. The van der Waals surface area contributed by atoms with E-state index in [1.807, 2.05) is 0 Å². The van der Waals surface area contributed by atoms with Crippen LogP contribution in [0.15, 0.2) is 35.3 Å². The highest BCUT2D eigenvalue weighted by atomic mass is 16.4. The van der Waals surface area contributed by atoms with Gasteiger partial charge < -0.3 is 10.8 Å². The first-order valence-corrected chi connectivity index (χ1v) is 4.70. The predicted molar refractivity (Wildman–Crippen MR) is 58.5 cm³/mol. The molecule has 2 aromatic rings. The molecule has 16 heavy (non-hydrogen) atoms. The van der Waals surface area contributed by atoms with E-state index in [-0.39, 0.29) is 11.1 Å². The van der Waals surface area contributed by atoms with Gasteiger partial charge in [0, 0.05) is 24.3 Å². The molecule has 0 saturated heterocycles. The molecule has 5 nitrogen and oxygen atoms in total. The quantitative estimate of drug-likeness (QED) is 0.766. The van der Waals surface area contributed by atoms with Crippen molar-refractivity contribution in [2.24, 2.45) is 5.73 Å². The van der Waals surface area contributed by atoms with Crippen molar-refractivity contribution >= 4 is 11.5 Å². The lowest BCUT2D eigenvalue weighted by molar-refractivity contribution is 0.0696. The molecule has 0 aliphatic heterocycles. The Hall–Kier alpha value is -2.14. The summed E-state index contributed by atoms with van der Waals surface area (Å²) < 4.78 is 1.38. The number of hydrogen-bond donors (Lipinski definition) is 2. The van der Waals surface area contributed by atoms with E-state index in [1.54, 1.807) is 18.3 Å². The summed E-state index contributed by atoms with van der Waals surface area (Å²) in [6.45, 7) is 0.336. The number of hydrogen-bond acceptors (Lipinski definition) is 3. The molecule has 0 amide bonds. The Balaban J connectivity index is 2.76. The fourth-order valence-electron chi connectivity index (χ4n) is 1.51. The van der Waals surface area contributed by atoms with Crippen LogP contribution in [-0.2, 0) is 6.54 Å². The van der Waals surface area contributed by atoms with Gasteiger partial charge in [-0.05, 0) is 17.7 Å². The maximum Gasteiger partial charge on any atom is 0.335 e. The number of nitrogens with zero attached hydrogens (tertiary/aromatic N) is 1. The third kappa shape index (κ3) is 1.68. The van der Waals surface area contributed by atoms with Gasteiger partial charge in [-0.15, -0.1) is 0 Å². The molecule has 0 aromatic carbocycles. The summed E-state index contributed by atoms with van der Waals surface area (Å²) in [6.07, 6.45) is 1.61. The monoisotopic (exact) mass is 218 g/mol. The first kappa shape index (κ1) is 10.4. The minimum absolute atomic E-state index is 0.00880. The number of carbonyl (C=O) groups is 1. The van der Waals surface area contributed by atoms with Crippen molar-refractivity contribution in [2.45, 2.75) is 6.54 Å². The fraction of sp³-hybridized carbons (Fsp3) is 0.0909. The van der Waals surface area contributed by atoms with Gasteiger partial charge in [-0.1, -0.05) is 6.07 Å². The van der Waals surface area contributed by atoms with Crippen molar-refractivity contribution in [3.8, 4) is 0 Å². The minimum atomic E-state index is -1.11. The fourth-order valence-corrected chi connectivity index (χ4v) is 1.51. The van der Waals surface area contributed by atoms with Crippen molar-refractivity contribution in [2.75, 3.05) is 0 Å². The Morgan fingerprint density at radius 3 is 2.75 bits per heavy atom. The van der Waals surface area contributed by atoms with Crippen LogP contribution in [0.2, 0.25) is 0 Å².